The van der Waals surface area contributed by atoms with Crippen molar-refractivity contribution in [3.05, 3.63) is 105 Å². The summed E-state index contributed by atoms with van der Waals surface area (Å²) >= 11 is 12.7. The molecule has 1 aliphatic rings. The zero-order valence-corrected chi connectivity index (χ0v) is 56.8. The van der Waals surface area contributed by atoms with E-state index in [9.17, 15) is 43.2 Å². The molecule has 500 valence electrons. The molecule has 0 radical (unpaired) electrons. The molecule has 1 aliphatic heterocycles. The first-order chi connectivity index (χ1) is 42.7. The van der Waals surface area contributed by atoms with Gasteiger partial charge in [0.1, 0.15) is 48.1 Å². The van der Waals surface area contributed by atoms with Crippen LogP contribution in [0.3, 0.4) is 0 Å². The lowest BCUT2D eigenvalue weighted by Crippen LogP contribution is -2.60. The number of nitrogens with zero attached hydrogens (tertiary/aromatic N) is 7. The van der Waals surface area contributed by atoms with Crippen molar-refractivity contribution in [2.45, 2.75) is 155 Å². The monoisotopic (exact) mass is 1310 g/mol. The highest BCUT2D eigenvalue weighted by Gasteiger charge is 2.40. The van der Waals surface area contributed by atoms with Crippen LogP contribution in [0.5, 0.6) is 0 Å². The first-order valence-electron chi connectivity index (χ1n) is 30.9. The molecular formula is C66H94Cl2FN11O11. The van der Waals surface area contributed by atoms with E-state index >= 15 is 14.0 Å². The van der Waals surface area contributed by atoms with Crippen LogP contribution in [0.1, 0.15) is 104 Å². The van der Waals surface area contributed by atoms with E-state index in [4.69, 9.17) is 23.2 Å². The summed E-state index contributed by atoms with van der Waals surface area (Å²) in [4.78, 5) is 167. The van der Waals surface area contributed by atoms with Gasteiger partial charge in [-0.05, 0) is 92.7 Å². The van der Waals surface area contributed by atoms with Crippen molar-refractivity contribution in [3.8, 4) is 0 Å². The molecule has 1 saturated heterocycles. The van der Waals surface area contributed by atoms with Crippen molar-refractivity contribution >= 4 is 88.2 Å². The van der Waals surface area contributed by atoms with Gasteiger partial charge in [0.15, 0.2) is 0 Å². The largest absolute Gasteiger partial charge is 0.351 e. The summed E-state index contributed by atoms with van der Waals surface area (Å²) in [5, 5.41) is 11.6. The minimum Gasteiger partial charge on any atom is -0.351 e. The average molecular weight is 1310 g/mol. The van der Waals surface area contributed by atoms with E-state index in [1.165, 1.54) is 89.2 Å². The standard InChI is InChI=1S/C66H94Cl2FN11O11/c1-16-41(6)59-66(91)76(11)37-57(83)74(9)38-58(84)78(13)53(35-45-25-27-46(67)28-26-45)64(89)75(10)36-55(81)71-50(30-29-47-48(68)23-20-24-49(47)69)61(86)72-51(31-39(2)3)63(88)80(15)54(34-44-21-18-17-19-22-44)65(90)79(14)52(32-40(4)5)62(87)70-42(7)33-56(82)77(12)43(8)60(85)73-59/h17-28,39-43,50-54,59H,16,29-38H2,1-15H3,(H,70,87)(H,71,81)(H,72,86)(H,73,85)/t41-,42+,43-,50-,51-,52-,53-,54-,59-/m0/s1. The van der Waals surface area contributed by atoms with Crippen LogP contribution in [0.4, 0.5) is 4.39 Å². The van der Waals surface area contributed by atoms with Crippen LogP contribution in [0.25, 0.3) is 0 Å². The van der Waals surface area contributed by atoms with Crippen LogP contribution < -0.4 is 21.3 Å². The normalized spacial score (nSPS) is 23.6. The maximum absolute atomic E-state index is 15.4. The highest BCUT2D eigenvalue weighted by molar-refractivity contribution is 6.31. The number of benzene rings is 3. The van der Waals surface area contributed by atoms with Gasteiger partial charge in [-0.25, -0.2) is 4.39 Å². The molecule has 22 nitrogen and oxygen atoms in total. The lowest BCUT2D eigenvalue weighted by Gasteiger charge is -2.37. The first kappa shape index (κ1) is 75.8. The number of rotatable bonds is 13. The molecule has 0 saturated carbocycles. The Bertz CT molecular complexity index is 3030. The fourth-order valence-electron chi connectivity index (χ4n) is 10.6. The number of hydrogen-bond acceptors (Lipinski definition) is 11. The Hall–Kier alpha value is -7.66. The van der Waals surface area contributed by atoms with E-state index in [0.29, 0.717) is 22.6 Å². The smallest absolute Gasteiger partial charge is 0.246 e. The van der Waals surface area contributed by atoms with Gasteiger partial charge in [0.05, 0.1) is 19.6 Å². The molecule has 11 amide bonds. The molecule has 3 aromatic rings. The number of carbonyl (C=O) groups is 11. The third-order valence-corrected chi connectivity index (χ3v) is 17.3. The molecule has 0 bridgehead atoms. The molecule has 4 N–H and O–H groups in total. The molecule has 0 aromatic heterocycles. The van der Waals surface area contributed by atoms with Crippen LogP contribution >= 0.6 is 23.2 Å². The second-order valence-electron chi connectivity index (χ2n) is 25.0. The minimum atomic E-state index is -1.48. The van der Waals surface area contributed by atoms with Crippen LogP contribution in [0, 0.1) is 23.6 Å². The molecule has 1 fully saturated rings. The Morgan fingerprint density at radius 2 is 1.08 bits per heavy atom. The molecular weight excluding hydrogens is 1210 g/mol. The SMILES string of the molecule is CC[C@H](C)[C@@H]1NC(=O)[C@H](C)N(C)C(=O)C[C@@H](C)NC(=O)[C@H](CC(C)C)N(C)C(=O)[C@H](Cc2ccccc2)N(C)C(=O)[C@H](CC(C)C)NC(=O)[C@H](CCc2c(F)cccc2Cl)NC(=O)CN(C)C(=O)[C@H](Cc2ccc(Cl)cc2)N(C)C(=O)CN(C)C(=O)CN(C)C1=O. The van der Waals surface area contributed by atoms with Crippen molar-refractivity contribution in [1.82, 2.24) is 55.6 Å². The van der Waals surface area contributed by atoms with E-state index in [2.05, 4.69) is 21.3 Å². The second kappa shape index (κ2) is 35.2. The van der Waals surface area contributed by atoms with E-state index in [-0.39, 0.29) is 67.4 Å². The van der Waals surface area contributed by atoms with Gasteiger partial charge in [0.25, 0.3) is 0 Å². The molecule has 3 aromatic carbocycles. The molecule has 25 heteroatoms. The maximum Gasteiger partial charge on any atom is 0.246 e. The first-order valence-corrected chi connectivity index (χ1v) is 31.6. The molecule has 0 aliphatic carbocycles. The van der Waals surface area contributed by atoms with Crippen molar-refractivity contribution in [3.63, 3.8) is 0 Å². The number of likely N-dealkylation sites (N-methyl/N-ethyl adjacent to an activating group) is 7. The number of hydrogen-bond donors (Lipinski definition) is 4. The van der Waals surface area contributed by atoms with Crippen LogP contribution in [-0.2, 0) is 72.0 Å². The Labute approximate surface area is 545 Å². The summed E-state index contributed by atoms with van der Waals surface area (Å²) in [7, 11) is 9.71. The van der Waals surface area contributed by atoms with Crippen LogP contribution in [-0.4, -0.2) is 217 Å². The van der Waals surface area contributed by atoms with Gasteiger partial charge in [0.2, 0.25) is 65.0 Å². The van der Waals surface area contributed by atoms with E-state index < -0.39 is 145 Å². The predicted molar refractivity (Wildman–Crippen MR) is 346 cm³/mol. The maximum atomic E-state index is 15.4. The quantitative estimate of drug-likeness (QED) is 0.182. The zero-order valence-electron chi connectivity index (χ0n) is 55.3. The zero-order chi connectivity index (χ0) is 68.3. The number of carbonyl (C=O) groups excluding carboxylic acids is 11. The summed E-state index contributed by atoms with van der Waals surface area (Å²) in [5.41, 5.74) is 1.30. The summed E-state index contributed by atoms with van der Waals surface area (Å²) in [6, 6.07) is 9.94. The van der Waals surface area contributed by atoms with Gasteiger partial charge >= 0.3 is 0 Å². The third kappa shape index (κ3) is 22.0. The van der Waals surface area contributed by atoms with Gasteiger partial charge in [-0.1, -0.05) is 120 Å². The third-order valence-electron chi connectivity index (χ3n) is 16.7. The summed E-state index contributed by atoms with van der Waals surface area (Å²) in [6.45, 7) is 12.3. The van der Waals surface area contributed by atoms with Gasteiger partial charge in [-0.3, -0.25) is 52.7 Å². The summed E-state index contributed by atoms with van der Waals surface area (Å²) in [5.74, 6) is -9.01. The van der Waals surface area contributed by atoms with Crippen molar-refractivity contribution in [1.29, 1.82) is 0 Å². The predicted octanol–water partition coefficient (Wildman–Crippen LogP) is 4.75. The van der Waals surface area contributed by atoms with E-state index in [1.807, 2.05) is 34.6 Å². The van der Waals surface area contributed by atoms with Gasteiger partial charge in [-0.15, -0.1) is 0 Å². The van der Waals surface area contributed by atoms with Crippen molar-refractivity contribution in [2.75, 3.05) is 69.0 Å². The highest BCUT2D eigenvalue weighted by Crippen LogP contribution is 2.24. The molecule has 9 atom stereocenters. The fraction of sp³-hybridized carbons (Fsp3) is 0.561. The second-order valence-corrected chi connectivity index (χ2v) is 25.8. The lowest BCUT2D eigenvalue weighted by molar-refractivity contribution is -0.149. The molecule has 91 heavy (non-hydrogen) atoms. The molecule has 0 spiro atoms. The highest BCUT2D eigenvalue weighted by atomic mass is 35.5. The fourth-order valence-corrected chi connectivity index (χ4v) is 11.0. The lowest BCUT2D eigenvalue weighted by atomic mass is 9.97. The Morgan fingerprint density at radius 1 is 0.516 bits per heavy atom. The van der Waals surface area contributed by atoms with Gasteiger partial charge in [0, 0.05) is 90.2 Å². The molecule has 0 unspecified atom stereocenters. The number of nitrogens with one attached hydrogen (secondary N) is 4. The topological polar surface area (TPSA) is 259 Å². The number of halogens is 3. The van der Waals surface area contributed by atoms with Crippen LogP contribution in [0.2, 0.25) is 10.0 Å². The van der Waals surface area contributed by atoms with Gasteiger partial charge in [-0.2, -0.15) is 0 Å². The van der Waals surface area contributed by atoms with Crippen molar-refractivity contribution in [2.24, 2.45) is 17.8 Å². The Kier molecular flexibility index (Phi) is 29.3. The molecule has 4 rings (SSSR count). The van der Waals surface area contributed by atoms with Crippen molar-refractivity contribution < 1.29 is 57.1 Å². The summed E-state index contributed by atoms with van der Waals surface area (Å²) in [6.07, 6.45) is -0.163. The Balaban J connectivity index is 1.86. The molecule has 1 heterocycles. The van der Waals surface area contributed by atoms with Gasteiger partial charge < -0.3 is 55.6 Å². The average Bonchev–Trinajstić information content (AvgIpc) is 0.937. The Morgan fingerprint density at radius 3 is 1.66 bits per heavy atom. The minimum absolute atomic E-state index is 0.0217. The number of amides is 11. The van der Waals surface area contributed by atoms with Crippen LogP contribution in [0.15, 0.2) is 72.8 Å². The summed E-state index contributed by atoms with van der Waals surface area (Å²) < 4.78 is 15.4. The van der Waals surface area contributed by atoms with E-state index in [0.717, 1.165) is 19.6 Å². The van der Waals surface area contributed by atoms with E-state index in [1.54, 1.807) is 68.4 Å².